The molecule has 0 saturated carbocycles. The standard InChI is InChI=1S/C23H22N2O4/c26-22(19-11-13-20(14-12-19)25(28)29)16-24-23(27)15-21(17-7-3-1-4-8-17)18-9-5-2-6-10-18/h1-14,21-22,26H,15-16H2,(H,24,27)/t22-/m0/s1. The SMILES string of the molecule is O=C(CC(c1ccccc1)c1ccccc1)NC[C@H](O)c1ccc([N+](=O)[O-])cc1. The maximum absolute atomic E-state index is 12.6. The van der Waals surface area contributed by atoms with Gasteiger partial charge in [-0.15, -0.1) is 0 Å². The molecule has 0 aliphatic heterocycles. The number of hydrogen-bond acceptors (Lipinski definition) is 4. The lowest BCUT2D eigenvalue weighted by atomic mass is 9.88. The van der Waals surface area contributed by atoms with Crippen molar-refractivity contribution in [3.63, 3.8) is 0 Å². The fourth-order valence-electron chi connectivity index (χ4n) is 3.20. The molecule has 29 heavy (non-hydrogen) atoms. The zero-order valence-electron chi connectivity index (χ0n) is 15.8. The first-order chi connectivity index (χ1) is 14.0. The zero-order valence-corrected chi connectivity index (χ0v) is 15.8. The summed E-state index contributed by atoms with van der Waals surface area (Å²) in [5.41, 5.74) is 2.56. The molecule has 0 unspecified atom stereocenters. The van der Waals surface area contributed by atoms with Crippen molar-refractivity contribution in [3.05, 3.63) is 112 Å². The summed E-state index contributed by atoms with van der Waals surface area (Å²) in [6.45, 7) is 0.0347. The molecule has 0 bridgehead atoms. The zero-order chi connectivity index (χ0) is 20.6. The largest absolute Gasteiger partial charge is 0.387 e. The van der Waals surface area contributed by atoms with E-state index in [4.69, 9.17) is 0 Å². The van der Waals surface area contributed by atoms with E-state index < -0.39 is 11.0 Å². The topological polar surface area (TPSA) is 92.5 Å². The first-order valence-electron chi connectivity index (χ1n) is 9.33. The van der Waals surface area contributed by atoms with Crippen molar-refractivity contribution in [1.82, 2.24) is 5.32 Å². The molecule has 0 aliphatic rings. The van der Waals surface area contributed by atoms with Gasteiger partial charge >= 0.3 is 0 Å². The van der Waals surface area contributed by atoms with Gasteiger partial charge in [0.25, 0.3) is 5.69 Å². The number of aliphatic hydroxyl groups is 1. The molecule has 0 fully saturated rings. The minimum absolute atomic E-state index is 0.0347. The van der Waals surface area contributed by atoms with Gasteiger partial charge in [-0.25, -0.2) is 0 Å². The van der Waals surface area contributed by atoms with Crippen LogP contribution in [-0.2, 0) is 4.79 Å². The van der Waals surface area contributed by atoms with E-state index in [1.54, 1.807) is 0 Å². The fraction of sp³-hybridized carbons (Fsp3) is 0.174. The number of benzene rings is 3. The molecule has 0 aliphatic carbocycles. The van der Waals surface area contributed by atoms with Crippen molar-refractivity contribution in [2.75, 3.05) is 6.54 Å². The van der Waals surface area contributed by atoms with Gasteiger partial charge in [0, 0.05) is 31.0 Å². The third-order valence-electron chi connectivity index (χ3n) is 4.77. The first kappa shape index (κ1) is 20.2. The molecule has 2 N–H and O–H groups in total. The van der Waals surface area contributed by atoms with Gasteiger partial charge in [-0.1, -0.05) is 60.7 Å². The molecule has 0 saturated heterocycles. The van der Waals surface area contributed by atoms with Crippen molar-refractivity contribution < 1.29 is 14.8 Å². The summed E-state index contributed by atoms with van der Waals surface area (Å²) in [7, 11) is 0. The summed E-state index contributed by atoms with van der Waals surface area (Å²) >= 11 is 0. The molecule has 3 aromatic carbocycles. The van der Waals surface area contributed by atoms with Crippen LogP contribution in [0.1, 0.15) is 35.1 Å². The van der Waals surface area contributed by atoms with Crippen molar-refractivity contribution in [2.45, 2.75) is 18.4 Å². The molecule has 3 aromatic rings. The normalized spacial score (nSPS) is 11.8. The number of nitrogens with zero attached hydrogens (tertiary/aromatic N) is 1. The molecule has 6 nitrogen and oxygen atoms in total. The summed E-state index contributed by atoms with van der Waals surface area (Å²) in [6, 6.07) is 25.3. The highest BCUT2D eigenvalue weighted by Crippen LogP contribution is 2.27. The highest BCUT2D eigenvalue weighted by Gasteiger charge is 2.19. The number of aliphatic hydroxyl groups excluding tert-OH is 1. The third-order valence-corrected chi connectivity index (χ3v) is 4.77. The van der Waals surface area contributed by atoms with Gasteiger partial charge in [-0.3, -0.25) is 14.9 Å². The number of carbonyl (C=O) groups is 1. The van der Waals surface area contributed by atoms with Gasteiger partial charge in [0.05, 0.1) is 11.0 Å². The number of carbonyl (C=O) groups excluding carboxylic acids is 1. The predicted molar refractivity (Wildman–Crippen MR) is 110 cm³/mol. The Bertz CT molecular complexity index is 904. The number of nitro benzene ring substituents is 1. The Hall–Kier alpha value is -3.51. The lowest BCUT2D eigenvalue weighted by Crippen LogP contribution is -2.29. The van der Waals surface area contributed by atoms with Gasteiger partial charge in [0.2, 0.25) is 5.91 Å². The van der Waals surface area contributed by atoms with Crippen LogP contribution in [0.4, 0.5) is 5.69 Å². The maximum Gasteiger partial charge on any atom is 0.269 e. The quantitative estimate of drug-likeness (QED) is 0.450. The molecular formula is C23H22N2O4. The second-order valence-corrected chi connectivity index (χ2v) is 6.75. The molecule has 148 valence electrons. The minimum atomic E-state index is -0.938. The number of hydrogen-bond donors (Lipinski definition) is 2. The van der Waals surface area contributed by atoms with E-state index in [0.29, 0.717) is 5.56 Å². The monoisotopic (exact) mass is 390 g/mol. The van der Waals surface area contributed by atoms with E-state index in [9.17, 15) is 20.0 Å². The fourth-order valence-corrected chi connectivity index (χ4v) is 3.20. The van der Waals surface area contributed by atoms with Crippen LogP contribution in [-0.4, -0.2) is 22.5 Å². The number of nitro groups is 1. The minimum Gasteiger partial charge on any atom is -0.387 e. The third kappa shape index (κ3) is 5.49. The van der Waals surface area contributed by atoms with E-state index in [2.05, 4.69) is 5.32 Å². The average molecular weight is 390 g/mol. The Morgan fingerprint density at radius 1 is 0.862 bits per heavy atom. The highest BCUT2D eigenvalue weighted by molar-refractivity contribution is 5.77. The Kier molecular flexibility index (Phi) is 6.71. The molecular weight excluding hydrogens is 368 g/mol. The van der Waals surface area contributed by atoms with Gasteiger partial charge in [0.1, 0.15) is 0 Å². The van der Waals surface area contributed by atoms with Crippen LogP contribution in [0.15, 0.2) is 84.9 Å². The number of non-ortho nitro benzene ring substituents is 1. The maximum atomic E-state index is 12.6. The lowest BCUT2D eigenvalue weighted by Gasteiger charge is -2.19. The van der Waals surface area contributed by atoms with Gasteiger partial charge in [-0.05, 0) is 28.8 Å². The van der Waals surface area contributed by atoms with Crippen LogP contribution >= 0.6 is 0 Å². The predicted octanol–water partition coefficient (Wildman–Crippen LogP) is 3.97. The summed E-state index contributed by atoms with van der Waals surface area (Å²) in [5, 5.41) is 23.8. The Labute approximate surface area is 169 Å². The molecule has 3 rings (SSSR count). The summed E-state index contributed by atoms with van der Waals surface area (Å²) < 4.78 is 0. The Balaban J connectivity index is 1.63. The van der Waals surface area contributed by atoms with Gasteiger partial charge in [-0.2, -0.15) is 0 Å². The first-order valence-corrected chi connectivity index (χ1v) is 9.33. The lowest BCUT2D eigenvalue weighted by molar-refractivity contribution is -0.384. The molecule has 0 spiro atoms. The van der Waals surface area contributed by atoms with Crippen molar-refractivity contribution >= 4 is 11.6 Å². The van der Waals surface area contributed by atoms with Crippen molar-refractivity contribution in [3.8, 4) is 0 Å². The molecule has 0 heterocycles. The summed E-state index contributed by atoms with van der Waals surface area (Å²) in [4.78, 5) is 22.8. The van der Waals surface area contributed by atoms with Crippen LogP contribution in [0.3, 0.4) is 0 Å². The van der Waals surface area contributed by atoms with Gasteiger partial charge < -0.3 is 10.4 Å². The van der Waals surface area contributed by atoms with E-state index in [-0.39, 0.29) is 30.5 Å². The molecule has 1 atom stereocenters. The van der Waals surface area contributed by atoms with Crippen molar-refractivity contribution in [2.24, 2.45) is 0 Å². The number of rotatable bonds is 8. The number of nitrogens with one attached hydrogen (secondary N) is 1. The summed E-state index contributed by atoms with van der Waals surface area (Å²) in [5.74, 6) is -0.266. The van der Waals surface area contributed by atoms with Crippen LogP contribution in [0, 0.1) is 10.1 Å². The van der Waals surface area contributed by atoms with Crippen LogP contribution in [0.2, 0.25) is 0 Å². The smallest absolute Gasteiger partial charge is 0.269 e. The summed E-state index contributed by atoms with van der Waals surface area (Å²) in [6.07, 6.45) is -0.687. The van der Waals surface area contributed by atoms with E-state index in [0.717, 1.165) is 11.1 Å². The van der Waals surface area contributed by atoms with Crippen LogP contribution in [0.25, 0.3) is 0 Å². The molecule has 1 amide bonds. The van der Waals surface area contributed by atoms with Gasteiger partial charge in [0.15, 0.2) is 0 Å². The average Bonchev–Trinajstić information content (AvgIpc) is 2.77. The van der Waals surface area contributed by atoms with E-state index in [1.807, 2.05) is 60.7 Å². The second kappa shape index (κ2) is 9.61. The second-order valence-electron chi connectivity index (χ2n) is 6.75. The van der Waals surface area contributed by atoms with Crippen molar-refractivity contribution in [1.29, 1.82) is 0 Å². The molecule has 6 heteroatoms. The molecule has 0 aromatic heterocycles. The number of amides is 1. The van der Waals surface area contributed by atoms with Crippen LogP contribution in [0.5, 0.6) is 0 Å². The van der Waals surface area contributed by atoms with Crippen LogP contribution < -0.4 is 5.32 Å². The van der Waals surface area contributed by atoms with E-state index in [1.165, 1.54) is 24.3 Å². The van der Waals surface area contributed by atoms with E-state index >= 15 is 0 Å². The Morgan fingerprint density at radius 3 is 1.86 bits per heavy atom. The molecule has 0 radical (unpaired) electrons. The highest BCUT2D eigenvalue weighted by atomic mass is 16.6. The Morgan fingerprint density at radius 2 is 1.38 bits per heavy atom.